The summed E-state index contributed by atoms with van der Waals surface area (Å²) in [5.74, 6) is 0.252. The molecule has 0 aliphatic carbocycles. The summed E-state index contributed by atoms with van der Waals surface area (Å²) in [6.45, 7) is 3.99. The summed E-state index contributed by atoms with van der Waals surface area (Å²) < 4.78 is 0. The molecule has 1 heterocycles. The number of benzene rings is 1. The lowest BCUT2D eigenvalue weighted by atomic mass is 10.0. The molecule has 1 aromatic carbocycles. The van der Waals surface area contributed by atoms with E-state index in [-0.39, 0.29) is 17.5 Å². The lowest BCUT2D eigenvalue weighted by Crippen LogP contribution is -2.10. The lowest BCUT2D eigenvalue weighted by molar-refractivity contribution is 0.0962. The minimum absolute atomic E-state index is 0.00675. The number of hydrogen-bond acceptors (Lipinski definition) is 3. The topological polar surface area (TPSA) is 47.0 Å². The van der Waals surface area contributed by atoms with Gasteiger partial charge >= 0.3 is 0 Å². The fraction of sp³-hybridized carbons (Fsp3) is 0.316. The van der Waals surface area contributed by atoms with E-state index in [1.54, 1.807) is 18.2 Å². The molecule has 0 radical (unpaired) electrons. The zero-order valence-corrected chi connectivity index (χ0v) is 13.1. The largest absolute Gasteiger partial charge is 0.292 e. The Balaban J connectivity index is 2.02. The van der Waals surface area contributed by atoms with Crippen LogP contribution in [0.5, 0.6) is 0 Å². The zero-order valence-electron chi connectivity index (χ0n) is 13.1. The molecule has 1 aromatic heterocycles. The van der Waals surface area contributed by atoms with Crippen molar-refractivity contribution >= 4 is 11.6 Å². The minimum atomic E-state index is -0.0250. The molecule has 3 heteroatoms. The van der Waals surface area contributed by atoms with Crippen molar-refractivity contribution in [1.29, 1.82) is 0 Å². The molecule has 2 aromatic rings. The van der Waals surface area contributed by atoms with Gasteiger partial charge in [-0.15, -0.1) is 0 Å². The van der Waals surface area contributed by atoms with Gasteiger partial charge in [-0.1, -0.05) is 50.2 Å². The Morgan fingerprint density at radius 2 is 1.55 bits per heavy atom. The van der Waals surface area contributed by atoms with Crippen LogP contribution < -0.4 is 0 Å². The summed E-state index contributed by atoms with van der Waals surface area (Å²) >= 11 is 0. The van der Waals surface area contributed by atoms with Gasteiger partial charge in [-0.3, -0.25) is 9.59 Å². The van der Waals surface area contributed by atoms with E-state index < -0.39 is 0 Å². The molecule has 22 heavy (non-hydrogen) atoms. The standard InChI is InChI=1S/C19H21NO2/c1-14(2)13-19(22)17-10-6-9-16(20-17)18(21)12-11-15-7-4-3-5-8-15/h3-10,14H,11-13H2,1-2H3. The van der Waals surface area contributed by atoms with Crippen molar-refractivity contribution in [3.8, 4) is 0 Å². The summed E-state index contributed by atoms with van der Waals surface area (Å²) in [6, 6.07) is 15.0. The Bertz CT molecular complexity index is 647. The van der Waals surface area contributed by atoms with Crippen LogP contribution in [0.2, 0.25) is 0 Å². The van der Waals surface area contributed by atoms with Crippen LogP contribution in [0, 0.1) is 5.92 Å². The minimum Gasteiger partial charge on any atom is -0.292 e. The summed E-state index contributed by atoms with van der Waals surface area (Å²) in [6.07, 6.45) is 1.54. The molecule has 0 unspecified atom stereocenters. The van der Waals surface area contributed by atoms with Crippen LogP contribution in [0.4, 0.5) is 0 Å². The number of pyridine rings is 1. The van der Waals surface area contributed by atoms with Gasteiger partial charge in [0, 0.05) is 12.8 Å². The van der Waals surface area contributed by atoms with Crippen LogP contribution in [-0.4, -0.2) is 16.6 Å². The van der Waals surface area contributed by atoms with Crippen molar-refractivity contribution in [3.63, 3.8) is 0 Å². The van der Waals surface area contributed by atoms with Crippen molar-refractivity contribution in [3.05, 3.63) is 65.5 Å². The van der Waals surface area contributed by atoms with Gasteiger partial charge in [0.1, 0.15) is 11.4 Å². The number of ketones is 2. The molecule has 0 N–H and O–H groups in total. The maximum atomic E-state index is 12.2. The summed E-state index contributed by atoms with van der Waals surface area (Å²) in [4.78, 5) is 28.5. The number of aryl methyl sites for hydroxylation is 1. The SMILES string of the molecule is CC(C)CC(=O)c1cccc(C(=O)CCc2ccccc2)n1. The Labute approximate surface area is 131 Å². The number of Topliss-reactive ketones (excluding diaryl/α,β-unsaturated/α-hetero) is 2. The molecule has 0 saturated carbocycles. The molecular formula is C19H21NO2. The van der Waals surface area contributed by atoms with Crippen LogP contribution in [0.3, 0.4) is 0 Å². The van der Waals surface area contributed by atoms with E-state index in [1.165, 1.54) is 0 Å². The van der Waals surface area contributed by atoms with E-state index in [4.69, 9.17) is 0 Å². The summed E-state index contributed by atoms with van der Waals surface area (Å²) in [5, 5.41) is 0. The van der Waals surface area contributed by atoms with E-state index in [1.807, 2.05) is 44.2 Å². The third kappa shape index (κ3) is 4.62. The Morgan fingerprint density at radius 1 is 0.909 bits per heavy atom. The molecule has 0 saturated heterocycles. The molecule has 0 atom stereocenters. The first-order valence-electron chi connectivity index (χ1n) is 7.63. The maximum absolute atomic E-state index is 12.2. The van der Waals surface area contributed by atoms with Gasteiger partial charge in [0.2, 0.25) is 0 Å². The summed E-state index contributed by atoms with van der Waals surface area (Å²) in [5.41, 5.74) is 1.90. The van der Waals surface area contributed by atoms with Crippen molar-refractivity contribution in [2.24, 2.45) is 5.92 Å². The Kier molecular flexibility index (Phi) is 5.59. The van der Waals surface area contributed by atoms with E-state index in [0.717, 1.165) is 5.56 Å². The molecule has 0 aliphatic heterocycles. The second-order valence-corrected chi connectivity index (χ2v) is 5.84. The first kappa shape index (κ1) is 16.1. The van der Waals surface area contributed by atoms with Gasteiger partial charge in [0.15, 0.2) is 11.6 Å². The molecule has 3 nitrogen and oxygen atoms in total. The van der Waals surface area contributed by atoms with Crippen LogP contribution >= 0.6 is 0 Å². The smallest absolute Gasteiger partial charge is 0.181 e. The van der Waals surface area contributed by atoms with Gasteiger partial charge in [0.05, 0.1) is 0 Å². The highest BCUT2D eigenvalue weighted by molar-refractivity contribution is 5.98. The predicted molar refractivity (Wildman–Crippen MR) is 87.1 cm³/mol. The van der Waals surface area contributed by atoms with Crippen LogP contribution in [0.1, 0.15) is 53.2 Å². The lowest BCUT2D eigenvalue weighted by Gasteiger charge is -2.05. The molecule has 114 valence electrons. The van der Waals surface area contributed by atoms with Gasteiger partial charge < -0.3 is 0 Å². The van der Waals surface area contributed by atoms with Gasteiger partial charge in [-0.05, 0) is 30.0 Å². The first-order chi connectivity index (χ1) is 10.6. The van der Waals surface area contributed by atoms with Crippen LogP contribution in [0.15, 0.2) is 48.5 Å². The Hall–Kier alpha value is -2.29. The average Bonchev–Trinajstić information content (AvgIpc) is 2.53. The average molecular weight is 295 g/mol. The van der Waals surface area contributed by atoms with E-state index in [0.29, 0.717) is 30.7 Å². The molecular weight excluding hydrogens is 274 g/mol. The molecule has 2 rings (SSSR count). The fourth-order valence-corrected chi connectivity index (χ4v) is 2.25. The molecule has 0 fully saturated rings. The molecule has 0 amide bonds. The van der Waals surface area contributed by atoms with E-state index >= 15 is 0 Å². The van der Waals surface area contributed by atoms with Gasteiger partial charge in [-0.25, -0.2) is 4.98 Å². The number of carbonyl (C=O) groups is 2. The predicted octanol–water partition coefficient (Wildman–Crippen LogP) is 4.13. The number of hydrogen-bond donors (Lipinski definition) is 0. The monoisotopic (exact) mass is 295 g/mol. The second kappa shape index (κ2) is 7.64. The molecule has 0 bridgehead atoms. The second-order valence-electron chi connectivity index (χ2n) is 5.84. The maximum Gasteiger partial charge on any atom is 0.181 e. The highest BCUT2D eigenvalue weighted by atomic mass is 16.1. The summed E-state index contributed by atoms with van der Waals surface area (Å²) in [7, 11) is 0. The van der Waals surface area contributed by atoms with Crippen molar-refractivity contribution in [1.82, 2.24) is 4.98 Å². The first-order valence-corrected chi connectivity index (χ1v) is 7.63. The number of aromatic nitrogens is 1. The van der Waals surface area contributed by atoms with Gasteiger partial charge in [-0.2, -0.15) is 0 Å². The van der Waals surface area contributed by atoms with E-state index in [2.05, 4.69) is 4.98 Å². The normalized spacial score (nSPS) is 10.7. The van der Waals surface area contributed by atoms with Crippen molar-refractivity contribution in [2.45, 2.75) is 33.1 Å². The highest BCUT2D eigenvalue weighted by Crippen LogP contribution is 2.11. The molecule has 0 aliphatic rings. The van der Waals surface area contributed by atoms with Crippen molar-refractivity contribution in [2.75, 3.05) is 0 Å². The molecule has 0 spiro atoms. The number of nitrogens with zero attached hydrogens (tertiary/aromatic N) is 1. The zero-order chi connectivity index (χ0) is 15.9. The fourth-order valence-electron chi connectivity index (χ4n) is 2.25. The van der Waals surface area contributed by atoms with Crippen LogP contribution in [0.25, 0.3) is 0 Å². The van der Waals surface area contributed by atoms with Crippen LogP contribution in [-0.2, 0) is 6.42 Å². The highest BCUT2D eigenvalue weighted by Gasteiger charge is 2.13. The third-order valence-electron chi connectivity index (χ3n) is 3.40. The number of carbonyl (C=O) groups excluding carboxylic acids is 2. The Morgan fingerprint density at radius 3 is 2.18 bits per heavy atom. The number of rotatable bonds is 7. The van der Waals surface area contributed by atoms with Crippen molar-refractivity contribution < 1.29 is 9.59 Å². The third-order valence-corrected chi connectivity index (χ3v) is 3.40. The van der Waals surface area contributed by atoms with Gasteiger partial charge in [0.25, 0.3) is 0 Å². The van der Waals surface area contributed by atoms with E-state index in [9.17, 15) is 9.59 Å². The quantitative estimate of drug-likeness (QED) is 0.722.